The van der Waals surface area contributed by atoms with Gasteiger partial charge in [-0.05, 0) is 40.9 Å². The molecule has 1 aromatic carbocycles. The number of hydroxylamine groups is 1. The molecule has 1 rings (SSSR count). The van der Waals surface area contributed by atoms with Crippen LogP contribution in [-0.4, -0.2) is 10.3 Å². The number of phenols is 1. The fourth-order valence-corrected chi connectivity index (χ4v) is 1.72. The molecule has 0 bridgehead atoms. The topological polar surface area (TPSA) is 52.5 Å². The van der Waals surface area contributed by atoms with Gasteiger partial charge < -0.3 is 10.3 Å². The van der Waals surface area contributed by atoms with Gasteiger partial charge in [0.05, 0.1) is 4.47 Å². The maximum atomic E-state index is 9.64. The minimum atomic E-state index is 0.185. The summed E-state index contributed by atoms with van der Waals surface area (Å²) in [4.78, 5) is 0. The molecule has 0 atom stereocenters. The maximum Gasteiger partial charge on any atom is 0.134 e. The Morgan fingerprint density at radius 1 is 1.46 bits per heavy atom. The quantitative estimate of drug-likeness (QED) is 0.701. The van der Waals surface area contributed by atoms with E-state index in [0.717, 1.165) is 11.1 Å². The van der Waals surface area contributed by atoms with Crippen molar-refractivity contribution in [2.75, 3.05) is 0 Å². The van der Waals surface area contributed by atoms with Crippen molar-refractivity contribution in [3.05, 3.63) is 27.2 Å². The van der Waals surface area contributed by atoms with Gasteiger partial charge in [-0.3, -0.25) is 0 Å². The number of hydrogen-bond acceptors (Lipinski definition) is 3. The van der Waals surface area contributed by atoms with E-state index in [4.69, 9.17) is 5.21 Å². The molecule has 1 aromatic rings. The Morgan fingerprint density at radius 3 is 2.62 bits per heavy atom. The minimum absolute atomic E-state index is 0.185. The van der Waals surface area contributed by atoms with Gasteiger partial charge in [-0.15, -0.1) is 0 Å². The molecule has 0 saturated heterocycles. The van der Waals surface area contributed by atoms with Crippen LogP contribution in [-0.2, 0) is 6.54 Å². The van der Waals surface area contributed by atoms with Crippen molar-refractivity contribution in [1.29, 1.82) is 0 Å². The van der Waals surface area contributed by atoms with E-state index >= 15 is 0 Å². The summed E-state index contributed by atoms with van der Waals surface area (Å²) in [5.41, 5.74) is 4.79. The maximum absolute atomic E-state index is 9.64. The summed E-state index contributed by atoms with van der Waals surface area (Å²) in [5.74, 6) is 0.185. The van der Waals surface area contributed by atoms with Crippen LogP contribution in [0.25, 0.3) is 0 Å². The lowest BCUT2D eigenvalue weighted by Crippen LogP contribution is -2.07. The number of halogens is 1. The summed E-state index contributed by atoms with van der Waals surface area (Å²) in [5, 5.41) is 18.2. The van der Waals surface area contributed by atoms with Crippen molar-refractivity contribution >= 4 is 15.9 Å². The number of hydrogen-bond donors (Lipinski definition) is 3. The third-order valence-corrected chi connectivity index (χ3v) is 3.06. The van der Waals surface area contributed by atoms with Crippen molar-refractivity contribution in [2.24, 2.45) is 0 Å². The highest BCUT2D eigenvalue weighted by Crippen LogP contribution is 2.33. The lowest BCUT2D eigenvalue weighted by molar-refractivity contribution is 0.160. The first kappa shape index (κ1) is 10.5. The molecule has 0 saturated carbocycles. The molecule has 0 aliphatic carbocycles. The van der Waals surface area contributed by atoms with Gasteiger partial charge in [0.2, 0.25) is 0 Å². The summed E-state index contributed by atoms with van der Waals surface area (Å²) in [6.45, 7) is 4.13. The highest BCUT2D eigenvalue weighted by atomic mass is 79.9. The number of benzene rings is 1. The smallest absolute Gasteiger partial charge is 0.134 e. The van der Waals surface area contributed by atoms with Crippen LogP contribution in [0.5, 0.6) is 5.75 Å². The van der Waals surface area contributed by atoms with Crippen LogP contribution in [0.4, 0.5) is 0 Å². The minimum Gasteiger partial charge on any atom is -0.506 e. The van der Waals surface area contributed by atoms with Gasteiger partial charge in [-0.25, -0.2) is 5.48 Å². The molecule has 3 nitrogen and oxygen atoms in total. The predicted molar refractivity (Wildman–Crippen MR) is 53.9 cm³/mol. The second kappa shape index (κ2) is 4.09. The van der Waals surface area contributed by atoms with Crippen LogP contribution in [0.2, 0.25) is 0 Å². The fourth-order valence-electron chi connectivity index (χ4n) is 1.15. The van der Waals surface area contributed by atoms with E-state index in [1.165, 1.54) is 0 Å². The third-order valence-electron chi connectivity index (χ3n) is 2.09. The zero-order valence-electron chi connectivity index (χ0n) is 7.56. The molecule has 0 aliphatic heterocycles. The van der Waals surface area contributed by atoms with Crippen LogP contribution >= 0.6 is 15.9 Å². The van der Waals surface area contributed by atoms with E-state index in [1.54, 1.807) is 0 Å². The largest absolute Gasteiger partial charge is 0.506 e. The highest BCUT2D eigenvalue weighted by molar-refractivity contribution is 9.10. The lowest BCUT2D eigenvalue weighted by Gasteiger charge is -2.10. The number of nitrogens with one attached hydrogen (secondary N) is 1. The summed E-state index contributed by atoms with van der Waals surface area (Å²) < 4.78 is 0.692. The van der Waals surface area contributed by atoms with E-state index in [-0.39, 0.29) is 12.3 Å². The monoisotopic (exact) mass is 245 g/mol. The van der Waals surface area contributed by atoms with Gasteiger partial charge in [-0.2, -0.15) is 0 Å². The molecule has 0 fully saturated rings. The molecule has 0 aliphatic rings. The van der Waals surface area contributed by atoms with E-state index in [2.05, 4.69) is 15.9 Å². The normalized spacial score (nSPS) is 10.5. The molecular weight excluding hydrogens is 234 g/mol. The fraction of sp³-hybridized carbons (Fsp3) is 0.333. The zero-order chi connectivity index (χ0) is 10.0. The molecule has 3 N–H and O–H groups in total. The Bertz CT molecular complexity index is 326. The van der Waals surface area contributed by atoms with E-state index in [1.807, 2.05) is 25.4 Å². The number of aromatic hydroxyl groups is 1. The molecule has 13 heavy (non-hydrogen) atoms. The van der Waals surface area contributed by atoms with Crippen LogP contribution < -0.4 is 5.48 Å². The Labute approximate surface area is 85.5 Å². The Kier molecular flexibility index (Phi) is 3.30. The Hall–Kier alpha value is -0.580. The molecule has 0 radical (unpaired) electrons. The first-order valence-electron chi connectivity index (χ1n) is 3.92. The predicted octanol–water partition coefficient (Wildman–Crippen LogP) is 2.25. The SMILES string of the molecule is Cc1cc(CNO)c(O)c(Br)c1C. The molecular formula is C9H12BrNO2. The van der Waals surface area contributed by atoms with Gasteiger partial charge in [0.1, 0.15) is 5.75 Å². The molecule has 0 aromatic heterocycles. The van der Waals surface area contributed by atoms with Gasteiger partial charge in [0.15, 0.2) is 0 Å². The standard InChI is InChI=1S/C9H12BrNO2/c1-5-3-7(4-11-13)9(12)8(10)6(5)2/h3,11-13H,4H2,1-2H3. The first-order chi connectivity index (χ1) is 6.07. The molecule has 0 heterocycles. The third kappa shape index (κ3) is 2.02. The zero-order valence-corrected chi connectivity index (χ0v) is 9.14. The number of phenolic OH excluding ortho intramolecular Hbond substituents is 1. The van der Waals surface area contributed by atoms with Gasteiger partial charge in [0, 0.05) is 12.1 Å². The second-order valence-corrected chi connectivity index (χ2v) is 3.77. The molecule has 72 valence electrons. The van der Waals surface area contributed by atoms with Crippen LogP contribution in [0.15, 0.2) is 10.5 Å². The lowest BCUT2D eigenvalue weighted by atomic mass is 10.1. The van der Waals surface area contributed by atoms with Crippen LogP contribution in [0, 0.1) is 13.8 Å². The summed E-state index contributed by atoms with van der Waals surface area (Å²) in [7, 11) is 0. The van der Waals surface area contributed by atoms with E-state index < -0.39 is 0 Å². The van der Waals surface area contributed by atoms with Gasteiger partial charge in [0.25, 0.3) is 0 Å². The number of rotatable bonds is 2. The first-order valence-corrected chi connectivity index (χ1v) is 4.71. The summed E-state index contributed by atoms with van der Waals surface area (Å²) >= 11 is 3.29. The van der Waals surface area contributed by atoms with Crippen molar-refractivity contribution in [2.45, 2.75) is 20.4 Å². The summed E-state index contributed by atoms with van der Waals surface area (Å²) in [6, 6.07) is 1.85. The van der Waals surface area contributed by atoms with Crippen LogP contribution in [0.1, 0.15) is 16.7 Å². The number of aryl methyl sites for hydroxylation is 1. The molecule has 0 unspecified atom stereocenters. The molecule has 4 heteroatoms. The van der Waals surface area contributed by atoms with E-state index in [9.17, 15) is 5.11 Å². The molecule has 0 amide bonds. The Balaban J connectivity index is 3.24. The average molecular weight is 246 g/mol. The van der Waals surface area contributed by atoms with E-state index in [0.29, 0.717) is 10.0 Å². The molecule has 0 spiro atoms. The van der Waals surface area contributed by atoms with Crippen molar-refractivity contribution in [3.63, 3.8) is 0 Å². The van der Waals surface area contributed by atoms with Crippen molar-refractivity contribution in [3.8, 4) is 5.75 Å². The van der Waals surface area contributed by atoms with Crippen molar-refractivity contribution < 1.29 is 10.3 Å². The van der Waals surface area contributed by atoms with Gasteiger partial charge >= 0.3 is 0 Å². The Morgan fingerprint density at radius 2 is 2.08 bits per heavy atom. The van der Waals surface area contributed by atoms with Crippen LogP contribution in [0.3, 0.4) is 0 Å². The average Bonchev–Trinajstić information content (AvgIpc) is 2.11. The summed E-state index contributed by atoms with van der Waals surface area (Å²) in [6.07, 6.45) is 0. The van der Waals surface area contributed by atoms with Crippen molar-refractivity contribution in [1.82, 2.24) is 5.48 Å². The van der Waals surface area contributed by atoms with Gasteiger partial charge in [-0.1, -0.05) is 6.07 Å². The highest BCUT2D eigenvalue weighted by Gasteiger charge is 2.09. The second-order valence-electron chi connectivity index (χ2n) is 2.98.